The first-order valence-corrected chi connectivity index (χ1v) is 9.94. The van der Waals surface area contributed by atoms with E-state index in [1.54, 1.807) is 24.3 Å². The summed E-state index contributed by atoms with van der Waals surface area (Å²) < 4.78 is 10.1. The number of Topliss-reactive ketones (excluding diaryl/α,β-unsaturated/α-hetero) is 1. The van der Waals surface area contributed by atoms with Crippen LogP contribution in [0.15, 0.2) is 42.5 Å². The van der Waals surface area contributed by atoms with Gasteiger partial charge < -0.3 is 9.47 Å². The molecule has 1 heterocycles. The maximum Gasteiger partial charge on any atom is 0.311 e. The lowest BCUT2D eigenvalue weighted by molar-refractivity contribution is -0.147. The number of hydrogen-bond donors (Lipinski definition) is 1. The van der Waals surface area contributed by atoms with E-state index in [1.807, 2.05) is 0 Å². The first-order chi connectivity index (χ1) is 14.8. The summed E-state index contributed by atoms with van der Waals surface area (Å²) in [7, 11) is 1.51. The summed E-state index contributed by atoms with van der Waals surface area (Å²) in [6.07, 6.45) is -0.142. The molecular weight excluding hydrogens is 447 g/mol. The monoisotopic (exact) mass is 464 g/mol. The van der Waals surface area contributed by atoms with E-state index in [0.29, 0.717) is 16.3 Å². The molecule has 3 rings (SSSR count). The van der Waals surface area contributed by atoms with Crippen LogP contribution in [0.1, 0.15) is 27.1 Å². The van der Waals surface area contributed by atoms with Crippen molar-refractivity contribution in [2.45, 2.75) is 6.42 Å². The average molecular weight is 465 g/mol. The highest BCUT2D eigenvalue weighted by molar-refractivity contribution is 6.42. The van der Waals surface area contributed by atoms with Crippen LogP contribution >= 0.6 is 23.2 Å². The highest BCUT2D eigenvalue weighted by atomic mass is 35.5. The summed E-state index contributed by atoms with van der Waals surface area (Å²) in [5.41, 5.74) is 3.01. The van der Waals surface area contributed by atoms with Crippen molar-refractivity contribution in [3.63, 3.8) is 0 Å². The summed E-state index contributed by atoms with van der Waals surface area (Å²) in [6.45, 7) is -0.521. The van der Waals surface area contributed by atoms with Crippen LogP contribution in [-0.4, -0.2) is 48.8 Å². The Morgan fingerprint density at radius 3 is 2.39 bits per heavy atom. The maximum atomic E-state index is 12.3. The molecule has 0 bridgehead atoms. The summed E-state index contributed by atoms with van der Waals surface area (Å²) >= 11 is 11.7. The third kappa shape index (κ3) is 5.53. The molecular formula is C21H18Cl2N2O6. The number of carbonyl (C=O) groups excluding carboxylic acids is 4. The third-order valence-electron chi connectivity index (χ3n) is 4.63. The Morgan fingerprint density at radius 2 is 1.74 bits per heavy atom. The summed E-state index contributed by atoms with van der Waals surface area (Å²) in [6, 6.07) is 10.7. The first kappa shape index (κ1) is 22.6. The number of rotatable bonds is 7. The molecule has 0 spiro atoms. The van der Waals surface area contributed by atoms with Crippen molar-refractivity contribution >= 4 is 46.8 Å². The number of ketones is 1. The van der Waals surface area contributed by atoms with E-state index in [9.17, 15) is 19.2 Å². The normalized spacial score (nSPS) is 15.5. The van der Waals surface area contributed by atoms with Gasteiger partial charge >= 0.3 is 5.97 Å². The first-order valence-electron chi connectivity index (χ1n) is 9.18. The van der Waals surface area contributed by atoms with E-state index in [1.165, 1.54) is 25.3 Å². The van der Waals surface area contributed by atoms with Crippen molar-refractivity contribution in [2.24, 2.45) is 5.92 Å². The fourth-order valence-electron chi connectivity index (χ4n) is 2.91. The predicted octanol–water partition coefficient (Wildman–Crippen LogP) is 2.92. The molecule has 0 aromatic heterocycles. The third-order valence-corrected chi connectivity index (χ3v) is 5.37. The van der Waals surface area contributed by atoms with Gasteiger partial charge in [-0.25, -0.2) is 0 Å². The fraction of sp³-hybridized carbons (Fsp3) is 0.238. The molecule has 162 valence electrons. The summed E-state index contributed by atoms with van der Waals surface area (Å²) in [4.78, 5) is 49.0. The number of amides is 2. The number of nitrogens with one attached hydrogen (secondary N) is 1. The largest absolute Gasteiger partial charge is 0.497 e. The molecule has 1 saturated heterocycles. The quantitative estimate of drug-likeness (QED) is 0.499. The van der Waals surface area contributed by atoms with E-state index in [2.05, 4.69) is 5.43 Å². The molecule has 31 heavy (non-hydrogen) atoms. The second-order valence-corrected chi connectivity index (χ2v) is 7.55. The van der Waals surface area contributed by atoms with Gasteiger partial charge in [-0.1, -0.05) is 23.2 Å². The molecule has 2 aromatic carbocycles. The molecule has 1 atom stereocenters. The summed E-state index contributed by atoms with van der Waals surface area (Å²) in [5, 5.41) is 1.54. The average Bonchev–Trinajstić information content (AvgIpc) is 3.13. The lowest BCUT2D eigenvalue weighted by Crippen LogP contribution is -2.43. The Bertz CT molecular complexity index is 1030. The molecule has 1 N–H and O–H groups in total. The topological polar surface area (TPSA) is 102 Å². The van der Waals surface area contributed by atoms with Crippen molar-refractivity contribution < 1.29 is 28.7 Å². The van der Waals surface area contributed by atoms with E-state index >= 15 is 0 Å². The fourth-order valence-corrected chi connectivity index (χ4v) is 3.21. The molecule has 0 aliphatic carbocycles. The van der Waals surface area contributed by atoms with Crippen molar-refractivity contribution in [3.05, 3.63) is 63.6 Å². The van der Waals surface area contributed by atoms with Crippen LogP contribution in [-0.2, 0) is 14.3 Å². The van der Waals surface area contributed by atoms with Crippen LogP contribution in [0.2, 0.25) is 10.0 Å². The Balaban J connectivity index is 1.52. The highest BCUT2D eigenvalue weighted by Gasteiger charge is 2.36. The van der Waals surface area contributed by atoms with Gasteiger partial charge in [0, 0.05) is 17.5 Å². The number of hydrazine groups is 1. The molecule has 1 fully saturated rings. The van der Waals surface area contributed by atoms with Crippen LogP contribution < -0.4 is 10.2 Å². The Hall–Kier alpha value is -3.10. The van der Waals surface area contributed by atoms with Crippen LogP contribution in [0.5, 0.6) is 5.75 Å². The minimum atomic E-state index is -0.801. The zero-order valence-electron chi connectivity index (χ0n) is 16.4. The second-order valence-electron chi connectivity index (χ2n) is 6.73. The number of benzene rings is 2. The van der Waals surface area contributed by atoms with Crippen LogP contribution in [0.4, 0.5) is 0 Å². The van der Waals surface area contributed by atoms with Crippen LogP contribution in [0.3, 0.4) is 0 Å². The van der Waals surface area contributed by atoms with Crippen molar-refractivity contribution in [2.75, 3.05) is 20.3 Å². The SMILES string of the molecule is COc1ccc(C(=O)COC(=O)[C@@H]2CC(=O)N(NC(=O)c3ccc(Cl)c(Cl)c3)C2)cc1. The number of methoxy groups -OCH3 is 1. The van der Waals surface area contributed by atoms with E-state index in [-0.39, 0.29) is 29.3 Å². The molecule has 0 saturated carbocycles. The zero-order valence-corrected chi connectivity index (χ0v) is 17.9. The van der Waals surface area contributed by atoms with Crippen molar-refractivity contribution in [3.8, 4) is 5.75 Å². The van der Waals surface area contributed by atoms with Gasteiger partial charge in [0.15, 0.2) is 12.4 Å². The Labute approximate surface area is 188 Å². The van der Waals surface area contributed by atoms with E-state index in [4.69, 9.17) is 32.7 Å². The Kier molecular flexibility index (Phi) is 7.14. The van der Waals surface area contributed by atoms with Crippen molar-refractivity contribution in [1.29, 1.82) is 0 Å². The Morgan fingerprint density at radius 1 is 1.06 bits per heavy atom. The predicted molar refractivity (Wildman–Crippen MR) is 112 cm³/mol. The molecule has 0 radical (unpaired) electrons. The van der Waals surface area contributed by atoms with Gasteiger partial charge in [-0.3, -0.25) is 29.6 Å². The summed E-state index contributed by atoms with van der Waals surface area (Å²) in [5.74, 6) is -2.30. The zero-order chi connectivity index (χ0) is 22.5. The number of halogens is 2. The van der Waals surface area contributed by atoms with Gasteiger partial charge in [0.05, 0.1) is 29.6 Å². The van der Waals surface area contributed by atoms with Gasteiger partial charge in [-0.15, -0.1) is 0 Å². The molecule has 2 aromatic rings. The number of hydrogen-bond acceptors (Lipinski definition) is 6. The van der Waals surface area contributed by atoms with Gasteiger partial charge in [0.1, 0.15) is 5.75 Å². The van der Waals surface area contributed by atoms with Gasteiger partial charge in [-0.2, -0.15) is 0 Å². The van der Waals surface area contributed by atoms with Gasteiger partial charge in [0.25, 0.3) is 5.91 Å². The number of nitrogens with zero attached hydrogens (tertiary/aromatic N) is 1. The van der Waals surface area contributed by atoms with Gasteiger partial charge in [0.2, 0.25) is 5.91 Å². The number of ether oxygens (including phenoxy) is 2. The van der Waals surface area contributed by atoms with Crippen molar-refractivity contribution in [1.82, 2.24) is 10.4 Å². The molecule has 0 unspecified atom stereocenters. The lowest BCUT2D eigenvalue weighted by atomic mass is 10.1. The molecule has 10 heteroatoms. The smallest absolute Gasteiger partial charge is 0.311 e. The standard InChI is InChI=1S/C21H18Cl2N2O6/c1-30-15-5-2-12(3-6-15)18(26)11-31-21(29)14-9-19(27)25(10-14)24-20(28)13-4-7-16(22)17(23)8-13/h2-8,14H,9-11H2,1H3,(H,24,28)/t14-/m1/s1. The maximum absolute atomic E-state index is 12.3. The van der Waals surface area contributed by atoms with E-state index < -0.39 is 30.3 Å². The molecule has 1 aliphatic rings. The second kappa shape index (κ2) is 9.80. The van der Waals surface area contributed by atoms with Crippen LogP contribution in [0.25, 0.3) is 0 Å². The van der Waals surface area contributed by atoms with E-state index in [0.717, 1.165) is 5.01 Å². The highest BCUT2D eigenvalue weighted by Crippen LogP contribution is 2.23. The molecule has 8 nitrogen and oxygen atoms in total. The number of carbonyl (C=O) groups is 4. The van der Waals surface area contributed by atoms with Gasteiger partial charge in [-0.05, 0) is 42.5 Å². The lowest BCUT2D eigenvalue weighted by Gasteiger charge is -2.17. The molecule has 1 aliphatic heterocycles. The minimum absolute atomic E-state index is 0.0680. The van der Waals surface area contributed by atoms with Crippen LogP contribution in [0, 0.1) is 5.92 Å². The molecule has 2 amide bonds. The number of esters is 1. The minimum Gasteiger partial charge on any atom is -0.497 e.